The summed E-state index contributed by atoms with van der Waals surface area (Å²) in [7, 11) is 0. The first-order valence-corrected chi connectivity index (χ1v) is 7.31. The minimum absolute atomic E-state index is 0.0195. The Hall–Kier alpha value is -2.34. The van der Waals surface area contributed by atoms with Crippen LogP contribution in [0.2, 0.25) is 0 Å². The number of hydrogen-bond donors (Lipinski definition) is 1. The van der Waals surface area contributed by atoms with Gasteiger partial charge in [-0.05, 0) is 38.3 Å². The lowest BCUT2D eigenvalue weighted by Gasteiger charge is -2.34. The molecule has 0 aromatic heterocycles. The molecule has 0 atom stereocenters. The average Bonchev–Trinajstić information content (AvgIpc) is 2.47. The Morgan fingerprint density at radius 2 is 2.00 bits per heavy atom. The molecule has 0 saturated heterocycles. The lowest BCUT2D eigenvalue weighted by molar-refractivity contribution is 1.14. The predicted octanol–water partition coefficient (Wildman–Crippen LogP) is 4.09. The monoisotopic (exact) mass is 274 g/mol. The van der Waals surface area contributed by atoms with Gasteiger partial charge in [0.1, 0.15) is 0 Å². The van der Waals surface area contributed by atoms with Gasteiger partial charge in [0.25, 0.3) is 0 Å². The second-order valence-electron chi connectivity index (χ2n) is 5.56. The van der Waals surface area contributed by atoms with E-state index in [1.807, 2.05) is 6.92 Å². The third kappa shape index (κ3) is 2.50. The van der Waals surface area contributed by atoms with Crippen molar-refractivity contribution in [3.8, 4) is 11.7 Å². The molecule has 2 aromatic carbocycles. The van der Waals surface area contributed by atoms with Crippen LogP contribution < -0.4 is 10.0 Å². The lowest BCUT2D eigenvalue weighted by atomic mass is 9.71. The molecule has 3 rings (SSSR count). The van der Waals surface area contributed by atoms with E-state index in [1.54, 1.807) is 0 Å². The predicted molar refractivity (Wildman–Crippen MR) is 93.6 cm³/mol. The Kier molecular flexibility index (Phi) is 3.62. The van der Waals surface area contributed by atoms with Crippen molar-refractivity contribution < 1.29 is 0 Å². The number of rotatable bonds is 2. The largest absolute Gasteiger partial charge is 0.463 e. The van der Waals surface area contributed by atoms with Crippen molar-refractivity contribution in [1.82, 2.24) is 0 Å². The van der Waals surface area contributed by atoms with Crippen LogP contribution in [0, 0.1) is 11.7 Å². The molecule has 0 bridgehead atoms. The van der Waals surface area contributed by atoms with Crippen LogP contribution in [0.4, 0.5) is 11.4 Å². The third-order valence-electron chi connectivity index (χ3n) is 3.77. The zero-order chi connectivity index (χ0) is 14.8. The number of nitrogens with zero attached hydrogens (tertiary/aromatic N) is 1. The molecular formula is C18H19BN2. The molecule has 1 N–H and O–H groups in total. The summed E-state index contributed by atoms with van der Waals surface area (Å²) >= 11 is 0. The van der Waals surface area contributed by atoms with Crippen molar-refractivity contribution in [2.75, 3.05) is 16.6 Å². The summed E-state index contributed by atoms with van der Waals surface area (Å²) in [5.41, 5.74) is 3.75. The fraction of sp³-hybridized carbons (Fsp3) is 0.222. The van der Waals surface area contributed by atoms with Crippen molar-refractivity contribution >= 4 is 29.1 Å². The summed E-state index contributed by atoms with van der Waals surface area (Å²) in [6, 6.07) is 12.9. The van der Waals surface area contributed by atoms with Crippen molar-refractivity contribution in [3.05, 3.63) is 48.0 Å². The summed E-state index contributed by atoms with van der Waals surface area (Å²) in [5.74, 6) is 6.32. The van der Waals surface area contributed by atoms with E-state index in [0.29, 0.717) is 0 Å². The van der Waals surface area contributed by atoms with Crippen LogP contribution in [0.15, 0.2) is 48.0 Å². The summed E-state index contributed by atoms with van der Waals surface area (Å²) < 4.78 is 0. The Labute approximate surface area is 127 Å². The average molecular weight is 274 g/mol. The highest BCUT2D eigenvalue weighted by Gasteiger charge is 2.29. The molecule has 1 aliphatic rings. The first-order chi connectivity index (χ1) is 10.2. The molecule has 2 nitrogen and oxygen atoms in total. The van der Waals surface area contributed by atoms with Crippen molar-refractivity contribution in [1.29, 1.82) is 0 Å². The van der Waals surface area contributed by atoms with Crippen LogP contribution in [0.1, 0.15) is 20.8 Å². The van der Waals surface area contributed by atoms with Gasteiger partial charge < -0.3 is 10.0 Å². The Morgan fingerprint density at radius 1 is 1.24 bits per heavy atom. The van der Waals surface area contributed by atoms with E-state index in [2.05, 4.69) is 78.1 Å². The molecule has 0 spiro atoms. The smallest absolute Gasteiger partial charge is 0.398 e. The zero-order valence-electron chi connectivity index (χ0n) is 12.8. The maximum absolute atomic E-state index is 3.56. The molecular weight excluding hydrogens is 255 g/mol. The molecule has 0 unspecified atom stereocenters. The second-order valence-corrected chi connectivity index (χ2v) is 5.56. The normalized spacial score (nSPS) is 12.5. The number of nitrogens with one attached hydrogen (secondary N) is 1. The molecule has 0 amide bonds. The minimum atomic E-state index is 0.0195. The molecule has 104 valence electrons. The minimum Gasteiger partial charge on any atom is -0.398 e. The van der Waals surface area contributed by atoms with E-state index in [4.69, 9.17) is 0 Å². The fourth-order valence-electron chi connectivity index (χ4n) is 2.78. The molecule has 0 aliphatic carbocycles. The number of anilines is 2. The van der Waals surface area contributed by atoms with Gasteiger partial charge in [-0.1, -0.05) is 41.7 Å². The highest BCUT2D eigenvalue weighted by Crippen LogP contribution is 2.37. The quantitative estimate of drug-likeness (QED) is 0.504. The maximum Gasteiger partial charge on any atom is 0.463 e. The third-order valence-corrected chi connectivity index (χ3v) is 3.77. The van der Waals surface area contributed by atoms with Gasteiger partial charge in [0, 0.05) is 23.3 Å². The van der Waals surface area contributed by atoms with Crippen LogP contribution in [0.5, 0.6) is 0 Å². The van der Waals surface area contributed by atoms with Gasteiger partial charge in [-0.2, -0.15) is 0 Å². The van der Waals surface area contributed by atoms with Crippen molar-refractivity contribution in [2.24, 2.45) is 0 Å². The van der Waals surface area contributed by atoms with Gasteiger partial charge >= 0.3 is 6.98 Å². The number of benzene rings is 2. The van der Waals surface area contributed by atoms with Gasteiger partial charge in [0.2, 0.25) is 0 Å². The summed E-state index contributed by atoms with van der Waals surface area (Å²) in [5, 5.41) is 6.11. The Bertz CT molecular complexity index is 758. The van der Waals surface area contributed by atoms with Crippen molar-refractivity contribution in [2.45, 2.75) is 20.8 Å². The highest BCUT2D eigenvalue weighted by atomic mass is 15.2. The van der Waals surface area contributed by atoms with E-state index in [9.17, 15) is 0 Å². The van der Waals surface area contributed by atoms with Gasteiger partial charge in [-0.15, -0.1) is 5.92 Å². The maximum atomic E-state index is 3.56. The molecule has 0 saturated carbocycles. The lowest BCUT2D eigenvalue weighted by Crippen LogP contribution is -2.47. The van der Waals surface area contributed by atoms with E-state index in [-0.39, 0.29) is 6.98 Å². The van der Waals surface area contributed by atoms with E-state index < -0.39 is 0 Å². The molecule has 2 aromatic rings. The van der Waals surface area contributed by atoms with Gasteiger partial charge in [-0.25, -0.2) is 0 Å². The summed E-state index contributed by atoms with van der Waals surface area (Å²) in [6.07, 6.45) is 2.25. The topological polar surface area (TPSA) is 15.3 Å². The van der Waals surface area contributed by atoms with Crippen LogP contribution in [0.25, 0.3) is 10.8 Å². The summed E-state index contributed by atoms with van der Waals surface area (Å²) in [6.45, 7) is 7.04. The van der Waals surface area contributed by atoms with Gasteiger partial charge in [0.05, 0.1) is 0 Å². The number of hydrogen-bond acceptors (Lipinski definition) is 2. The number of allylic oxidation sites excluding steroid dienone is 1. The van der Waals surface area contributed by atoms with E-state index in [1.165, 1.54) is 27.7 Å². The van der Waals surface area contributed by atoms with E-state index >= 15 is 0 Å². The first-order valence-electron chi connectivity index (χ1n) is 7.31. The first kappa shape index (κ1) is 13.6. The van der Waals surface area contributed by atoms with Crippen LogP contribution in [0.3, 0.4) is 0 Å². The Morgan fingerprint density at radius 3 is 2.71 bits per heavy atom. The zero-order valence-corrected chi connectivity index (χ0v) is 12.8. The molecule has 1 heterocycles. The fourth-order valence-corrected chi connectivity index (χ4v) is 2.78. The van der Waals surface area contributed by atoms with Gasteiger partial charge in [-0.3, -0.25) is 0 Å². The molecule has 3 heteroatoms. The second kappa shape index (κ2) is 5.57. The summed E-state index contributed by atoms with van der Waals surface area (Å²) in [4.78, 5) is 2.33. The molecule has 1 aliphatic heterocycles. The molecule has 21 heavy (non-hydrogen) atoms. The SMILES string of the molecule is CC#CB1Nc2cccc3cccc(c23)N1CC=C(C)C. The van der Waals surface area contributed by atoms with Crippen LogP contribution in [-0.4, -0.2) is 13.5 Å². The van der Waals surface area contributed by atoms with Crippen LogP contribution >= 0.6 is 0 Å². The van der Waals surface area contributed by atoms with E-state index in [0.717, 1.165) is 6.54 Å². The molecule has 0 fully saturated rings. The van der Waals surface area contributed by atoms with Crippen LogP contribution in [-0.2, 0) is 0 Å². The van der Waals surface area contributed by atoms with Crippen molar-refractivity contribution in [3.63, 3.8) is 0 Å². The van der Waals surface area contributed by atoms with Gasteiger partial charge in [0.15, 0.2) is 0 Å². The molecule has 0 radical (unpaired) electrons. The highest BCUT2D eigenvalue weighted by molar-refractivity contribution is 6.76. The standard InChI is InChI=1S/C18H19BN2/c1-4-12-19-20-16-9-5-7-15-8-6-10-17(18(15)16)21(19)13-11-14(2)3/h5-11,20H,13H2,1-3H3. The Balaban J connectivity index is 2.16.